The van der Waals surface area contributed by atoms with Crippen LogP contribution in [0.2, 0.25) is 0 Å². The molecule has 0 atom stereocenters. The molecular weight excluding hydrogens is 232 g/mol. The number of hydrogen-bond acceptors (Lipinski definition) is 3. The maximum atomic E-state index is 10.7. The summed E-state index contributed by atoms with van der Waals surface area (Å²) in [6.45, 7) is 6.06. The molecule has 2 rings (SSSR count). The topological polar surface area (TPSA) is 63.8 Å². The molecule has 18 heavy (non-hydrogen) atoms. The molecule has 0 unspecified atom stereocenters. The molecule has 0 spiro atoms. The van der Waals surface area contributed by atoms with Crippen molar-refractivity contribution in [3.05, 3.63) is 42.4 Å². The molecule has 0 fully saturated rings. The van der Waals surface area contributed by atoms with Crippen LogP contribution in [0, 0.1) is 0 Å². The van der Waals surface area contributed by atoms with E-state index in [1.54, 1.807) is 22.9 Å². The monoisotopic (exact) mass is 246 g/mol. The van der Waals surface area contributed by atoms with Gasteiger partial charge in [0.05, 0.1) is 12.1 Å². The van der Waals surface area contributed by atoms with Crippen LogP contribution in [0.15, 0.2) is 36.7 Å². The minimum Gasteiger partial charge on any atom is -0.485 e. The summed E-state index contributed by atoms with van der Waals surface area (Å²) in [4.78, 5) is 14.9. The molecule has 0 saturated carbocycles. The summed E-state index contributed by atoms with van der Waals surface area (Å²) in [5, 5.41) is 8.75. The highest BCUT2D eigenvalue weighted by molar-refractivity contribution is 5.70. The van der Waals surface area contributed by atoms with Crippen molar-refractivity contribution >= 4 is 11.6 Å². The van der Waals surface area contributed by atoms with Crippen LogP contribution >= 0.6 is 0 Å². The third-order valence-corrected chi connectivity index (χ3v) is 2.30. The van der Waals surface area contributed by atoms with E-state index in [4.69, 9.17) is 9.84 Å². The zero-order valence-corrected chi connectivity index (χ0v) is 10.1. The van der Waals surface area contributed by atoms with Gasteiger partial charge in [0.2, 0.25) is 0 Å². The summed E-state index contributed by atoms with van der Waals surface area (Å²) in [7, 11) is 0. The molecule has 0 aliphatic carbocycles. The van der Waals surface area contributed by atoms with E-state index >= 15 is 0 Å². The van der Waals surface area contributed by atoms with Crippen LogP contribution in [0.25, 0.3) is 5.65 Å². The third-order valence-electron chi connectivity index (χ3n) is 2.30. The Bertz CT molecular complexity index is 601. The Hall–Kier alpha value is -2.30. The molecule has 94 valence electrons. The number of aliphatic carboxylic acids is 1. The summed E-state index contributed by atoms with van der Waals surface area (Å²) in [5.74, 6) is -0.278. The van der Waals surface area contributed by atoms with Crippen LogP contribution in [0.3, 0.4) is 0 Å². The van der Waals surface area contributed by atoms with E-state index in [0.29, 0.717) is 23.7 Å². The van der Waals surface area contributed by atoms with Crippen molar-refractivity contribution < 1.29 is 14.6 Å². The molecule has 1 N–H and O–H groups in total. The minimum absolute atomic E-state index is 0.0956. The van der Waals surface area contributed by atoms with E-state index in [2.05, 4.69) is 11.6 Å². The largest absolute Gasteiger partial charge is 0.485 e. The molecule has 5 nitrogen and oxygen atoms in total. The fourth-order valence-electron chi connectivity index (χ4n) is 1.59. The lowest BCUT2D eigenvalue weighted by Crippen LogP contribution is -2.00. The number of hydrogen-bond donors (Lipinski definition) is 1. The van der Waals surface area contributed by atoms with Crippen LogP contribution in [0.5, 0.6) is 5.75 Å². The molecule has 0 bridgehead atoms. The molecule has 2 aromatic rings. The number of carbonyl (C=O) groups is 1. The van der Waals surface area contributed by atoms with Gasteiger partial charge >= 0.3 is 5.97 Å². The SMILES string of the molecule is C=C(C)COc1cccn2cc(CC(=O)O)nc12. The number of fused-ring (bicyclic) bond motifs is 1. The molecule has 0 amide bonds. The molecule has 0 aromatic carbocycles. The Morgan fingerprint density at radius 2 is 2.39 bits per heavy atom. The van der Waals surface area contributed by atoms with Crippen LogP contribution < -0.4 is 4.74 Å². The Balaban J connectivity index is 2.32. The highest BCUT2D eigenvalue weighted by Gasteiger charge is 2.09. The smallest absolute Gasteiger partial charge is 0.309 e. The van der Waals surface area contributed by atoms with E-state index < -0.39 is 5.97 Å². The molecule has 0 aliphatic rings. The van der Waals surface area contributed by atoms with Crippen molar-refractivity contribution in [2.24, 2.45) is 0 Å². The molecular formula is C13H14N2O3. The van der Waals surface area contributed by atoms with Gasteiger partial charge in [0.25, 0.3) is 0 Å². The van der Waals surface area contributed by atoms with Crippen LogP contribution in [0.4, 0.5) is 0 Å². The van der Waals surface area contributed by atoms with Crippen LogP contribution in [-0.2, 0) is 11.2 Å². The standard InChI is InChI=1S/C13H14N2O3/c1-9(2)8-18-11-4-3-5-15-7-10(6-12(16)17)14-13(11)15/h3-5,7H,1,6,8H2,2H3,(H,16,17). The third kappa shape index (κ3) is 2.68. The molecule has 0 saturated heterocycles. The lowest BCUT2D eigenvalue weighted by Gasteiger charge is -2.06. The average Bonchev–Trinajstić information content (AvgIpc) is 2.67. The predicted octanol–water partition coefficient (Wildman–Crippen LogP) is 1.92. The van der Waals surface area contributed by atoms with Crippen LogP contribution in [0.1, 0.15) is 12.6 Å². The fraction of sp³-hybridized carbons (Fsp3) is 0.231. The summed E-state index contributed by atoms with van der Waals surface area (Å²) < 4.78 is 7.32. The van der Waals surface area contributed by atoms with E-state index in [1.165, 1.54) is 0 Å². The fourth-order valence-corrected chi connectivity index (χ4v) is 1.59. The first-order chi connectivity index (χ1) is 8.56. The van der Waals surface area contributed by atoms with Crippen molar-refractivity contribution in [2.45, 2.75) is 13.3 Å². The second kappa shape index (κ2) is 4.91. The summed E-state index contributed by atoms with van der Waals surface area (Å²) in [5.41, 5.74) is 2.04. The Morgan fingerprint density at radius 1 is 1.61 bits per heavy atom. The first-order valence-corrected chi connectivity index (χ1v) is 5.52. The number of rotatable bonds is 5. The summed E-state index contributed by atoms with van der Waals surface area (Å²) in [6, 6.07) is 3.63. The van der Waals surface area contributed by atoms with Gasteiger partial charge in [0, 0.05) is 12.4 Å². The lowest BCUT2D eigenvalue weighted by atomic mass is 10.3. The van der Waals surface area contributed by atoms with Gasteiger partial charge in [-0.1, -0.05) is 6.58 Å². The number of imidazole rings is 1. The zero-order chi connectivity index (χ0) is 13.1. The second-order valence-corrected chi connectivity index (χ2v) is 4.15. The van der Waals surface area contributed by atoms with Gasteiger partial charge in [0.1, 0.15) is 6.61 Å². The Morgan fingerprint density at radius 3 is 3.06 bits per heavy atom. The highest BCUT2D eigenvalue weighted by Crippen LogP contribution is 2.19. The van der Waals surface area contributed by atoms with Gasteiger partial charge in [-0.25, -0.2) is 4.98 Å². The Kier molecular flexibility index (Phi) is 3.32. The van der Waals surface area contributed by atoms with E-state index in [0.717, 1.165) is 5.57 Å². The minimum atomic E-state index is -0.900. The summed E-state index contributed by atoms with van der Waals surface area (Å²) >= 11 is 0. The normalized spacial score (nSPS) is 10.5. The number of carboxylic acid groups (broad SMARTS) is 1. The number of carboxylic acids is 1. The van der Waals surface area contributed by atoms with Gasteiger partial charge in [-0.2, -0.15) is 0 Å². The van der Waals surface area contributed by atoms with Gasteiger partial charge in [0.15, 0.2) is 11.4 Å². The maximum Gasteiger partial charge on any atom is 0.309 e. The maximum absolute atomic E-state index is 10.7. The van der Waals surface area contributed by atoms with E-state index in [1.807, 2.05) is 13.0 Å². The predicted molar refractivity (Wildman–Crippen MR) is 66.8 cm³/mol. The van der Waals surface area contributed by atoms with Crippen molar-refractivity contribution in [3.8, 4) is 5.75 Å². The van der Waals surface area contributed by atoms with Crippen LogP contribution in [-0.4, -0.2) is 27.1 Å². The average molecular weight is 246 g/mol. The van der Waals surface area contributed by atoms with Crippen molar-refractivity contribution in [3.63, 3.8) is 0 Å². The molecule has 0 radical (unpaired) electrons. The van der Waals surface area contributed by atoms with Gasteiger partial charge in [-0.05, 0) is 24.6 Å². The highest BCUT2D eigenvalue weighted by atomic mass is 16.5. The molecule has 2 aromatic heterocycles. The first kappa shape index (κ1) is 12.2. The van der Waals surface area contributed by atoms with E-state index in [9.17, 15) is 4.79 Å². The summed E-state index contributed by atoms with van der Waals surface area (Å²) in [6.07, 6.45) is 3.40. The second-order valence-electron chi connectivity index (χ2n) is 4.15. The van der Waals surface area contributed by atoms with Gasteiger partial charge in [-0.15, -0.1) is 0 Å². The first-order valence-electron chi connectivity index (χ1n) is 5.52. The van der Waals surface area contributed by atoms with Crippen molar-refractivity contribution in [2.75, 3.05) is 6.61 Å². The number of pyridine rings is 1. The molecule has 2 heterocycles. The van der Waals surface area contributed by atoms with Crippen molar-refractivity contribution in [1.82, 2.24) is 9.38 Å². The van der Waals surface area contributed by atoms with Gasteiger partial charge in [-0.3, -0.25) is 4.79 Å². The van der Waals surface area contributed by atoms with Crippen molar-refractivity contribution in [1.29, 1.82) is 0 Å². The molecule has 0 aliphatic heterocycles. The number of nitrogens with zero attached hydrogens (tertiary/aromatic N) is 2. The Labute approximate surface area is 104 Å². The molecule has 5 heteroatoms. The quantitative estimate of drug-likeness (QED) is 0.818. The lowest BCUT2D eigenvalue weighted by molar-refractivity contribution is -0.136. The number of aromatic nitrogens is 2. The number of ether oxygens (including phenoxy) is 1. The van der Waals surface area contributed by atoms with Gasteiger partial charge < -0.3 is 14.2 Å². The zero-order valence-electron chi connectivity index (χ0n) is 10.1. The van der Waals surface area contributed by atoms with E-state index in [-0.39, 0.29) is 6.42 Å².